The summed E-state index contributed by atoms with van der Waals surface area (Å²) in [6.07, 6.45) is -1.86. The van der Waals surface area contributed by atoms with Crippen molar-refractivity contribution in [2.45, 2.75) is 32.5 Å². The van der Waals surface area contributed by atoms with Gasteiger partial charge in [-0.15, -0.1) is 0 Å². The van der Waals surface area contributed by atoms with Crippen molar-refractivity contribution in [3.8, 4) is 0 Å². The van der Waals surface area contributed by atoms with Crippen molar-refractivity contribution < 1.29 is 27.2 Å². The number of fused-ring (bicyclic) bond motifs is 1. The van der Waals surface area contributed by atoms with E-state index in [1.54, 1.807) is 20.8 Å². The highest BCUT2D eigenvalue weighted by Gasteiger charge is 2.36. The zero-order chi connectivity index (χ0) is 25.4. The van der Waals surface area contributed by atoms with E-state index in [0.717, 1.165) is 12.1 Å². The fourth-order valence-electron chi connectivity index (χ4n) is 3.26. The van der Waals surface area contributed by atoms with Gasteiger partial charge < -0.3 is 5.32 Å². The molecule has 1 amide bonds. The third-order valence-electron chi connectivity index (χ3n) is 4.69. The van der Waals surface area contributed by atoms with Crippen LogP contribution in [-0.4, -0.2) is 28.4 Å². The Morgan fingerprint density at radius 2 is 1.56 bits per heavy atom. The molecule has 3 aromatic rings. The van der Waals surface area contributed by atoms with Crippen LogP contribution in [0.3, 0.4) is 0 Å². The van der Waals surface area contributed by atoms with Crippen LogP contribution >= 0.6 is 23.2 Å². The second kappa shape index (κ2) is 9.35. The summed E-state index contributed by atoms with van der Waals surface area (Å²) >= 11 is 11.3. The van der Waals surface area contributed by atoms with E-state index in [-0.39, 0.29) is 16.5 Å². The highest BCUT2D eigenvalue weighted by atomic mass is 35.5. The minimum atomic E-state index is -4.97. The Balaban J connectivity index is 2.15. The quantitative estimate of drug-likeness (QED) is 0.176. The first-order valence-electron chi connectivity index (χ1n) is 9.86. The lowest BCUT2D eigenvalue weighted by atomic mass is 9.95. The summed E-state index contributed by atoms with van der Waals surface area (Å²) in [6.45, 7) is 5.38. The molecule has 0 saturated heterocycles. The molecule has 0 fully saturated rings. The number of nitrogens with zero attached hydrogens (tertiary/aromatic N) is 1. The Bertz CT molecular complexity index is 1310. The number of hydrogen-bond donors (Lipinski definition) is 1. The normalized spacial score (nSPS) is 12.7. The second-order valence-corrected chi connectivity index (χ2v) is 9.27. The van der Waals surface area contributed by atoms with Crippen molar-refractivity contribution in [2.24, 2.45) is 0 Å². The minimum absolute atomic E-state index is 0.0780. The average Bonchev–Trinajstić information content (AvgIpc) is 2.72. The first kappa shape index (κ1) is 25.6. The van der Waals surface area contributed by atoms with E-state index in [1.165, 1.54) is 30.6 Å². The SMILES string of the molecule is CC(C)(C)NC(=O)c1ccc(C(=O)/C=C(\c2cc(Cl)c(F)c(Cl)c2)C(F)(F)F)c2ccncc12. The Morgan fingerprint density at radius 1 is 0.971 bits per heavy atom. The number of pyridine rings is 1. The molecular weight excluding hydrogens is 495 g/mol. The number of carbonyl (C=O) groups excluding carboxylic acids is 2. The molecule has 4 nitrogen and oxygen atoms in total. The third-order valence-corrected chi connectivity index (χ3v) is 5.24. The standard InChI is InChI=1S/C24H18Cl2F4N2O2/c1-23(2,3)32-22(34)15-5-4-14(13-6-7-31-11-16(13)15)20(33)10-17(24(28,29)30)12-8-18(25)21(27)19(26)9-12/h4-11H,1-3H3,(H,32,34)/b17-10+. The summed E-state index contributed by atoms with van der Waals surface area (Å²) in [5, 5.41) is 2.11. The van der Waals surface area contributed by atoms with Crippen molar-refractivity contribution in [3.05, 3.63) is 81.4 Å². The fourth-order valence-corrected chi connectivity index (χ4v) is 3.75. The summed E-state index contributed by atoms with van der Waals surface area (Å²) in [5.74, 6) is -2.47. The molecule has 0 aliphatic carbocycles. The van der Waals surface area contributed by atoms with Crippen LogP contribution in [0.2, 0.25) is 10.0 Å². The number of rotatable bonds is 4. The molecule has 0 atom stereocenters. The number of aromatic nitrogens is 1. The minimum Gasteiger partial charge on any atom is -0.347 e. The van der Waals surface area contributed by atoms with E-state index in [1.807, 2.05) is 0 Å². The molecular formula is C24H18Cl2F4N2O2. The van der Waals surface area contributed by atoms with Gasteiger partial charge in [0.15, 0.2) is 11.6 Å². The predicted octanol–water partition coefficient (Wildman–Crippen LogP) is 7.04. The topological polar surface area (TPSA) is 59.1 Å². The molecule has 10 heteroatoms. The summed E-state index contributed by atoms with van der Waals surface area (Å²) in [5.41, 5.74) is -2.32. The van der Waals surface area contributed by atoms with E-state index in [2.05, 4.69) is 10.3 Å². The van der Waals surface area contributed by atoms with Gasteiger partial charge in [-0.1, -0.05) is 23.2 Å². The van der Waals surface area contributed by atoms with Crippen LogP contribution in [0.4, 0.5) is 17.6 Å². The zero-order valence-corrected chi connectivity index (χ0v) is 19.7. The monoisotopic (exact) mass is 512 g/mol. The lowest BCUT2D eigenvalue weighted by Crippen LogP contribution is -2.40. The number of carbonyl (C=O) groups is 2. The predicted molar refractivity (Wildman–Crippen MR) is 124 cm³/mol. The summed E-state index contributed by atoms with van der Waals surface area (Å²) in [7, 11) is 0. The maximum Gasteiger partial charge on any atom is 0.417 e. The average molecular weight is 513 g/mol. The molecule has 1 heterocycles. The van der Waals surface area contributed by atoms with Crippen molar-refractivity contribution in [2.75, 3.05) is 0 Å². The summed E-state index contributed by atoms with van der Waals surface area (Å²) < 4.78 is 55.2. The molecule has 34 heavy (non-hydrogen) atoms. The molecule has 3 rings (SSSR count). The number of benzene rings is 2. The Hall–Kier alpha value is -2.97. The van der Waals surface area contributed by atoms with E-state index >= 15 is 0 Å². The van der Waals surface area contributed by atoms with Crippen molar-refractivity contribution in [3.63, 3.8) is 0 Å². The van der Waals surface area contributed by atoms with E-state index in [9.17, 15) is 27.2 Å². The zero-order valence-electron chi connectivity index (χ0n) is 18.2. The summed E-state index contributed by atoms with van der Waals surface area (Å²) in [4.78, 5) is 29.7. The lowest BCUT2D eigenvalue weighted by Gasteiger charge is -2.21. The van der Waals surface area contributed by atoms with Gasteiger partial charge in [-0.3, -0.25) is 14.6 Å². The van der Waals surface area contributed by atoms with Gasteiger partial charge in [-0.25, -0.2) is 4.39 Å². The highest BCUT2D eigenvalue weighted by Crippen LogP contribution is 2.38. The van der Waals surface area contributed by atoms with E-state index in [4.69, 9.17) is 23.2 Å². The van der Waals surface area contributed by atoms with Gasteiger partial charge in [0.25, 0.3) is 5.91 Å². The first-order chi connectivity index (χ1) is 15.7. The molecule has 0 saturated carbocycles. The summed E-state index contributed by atoms with van der Waals surface area (Å²) in [6, 6.07) is 5.56. The molecule has 178 valence electrons. The van der Waals surface area contributed by atoms with Crippen LogP contribution in [0.25, 0.3) is 16.3 Å². The number of ketones is 1. The number of hydrogen-bond acceptors (Lipinski definition) is 3. The van der Waals surface area contributed by atoms with Crippen LogP contribution < -0.4 is 5.32 Å². The van der Waals surface area contributed by atoms with Crippen LogP contribution in [0.15, 0.2) is 48.8 Å². The molecule has 2 aromatic carbocycles. The number of halogens is 6. The van der Waals surface area contributed by atoms with Gasteiger partial charge >= 0.3 is 6.18 Å². The Kier molecular flexibility index (Phi) is 7.05. The molecule has 0 bridgehead atoms. The van der Waals surface area contributed by atoms with Crippen LogP contribution in [0, 0.1) is 5.82 Å². The number of nitrogens with one attached hydrogen (secondary N) is 1. The van der Waals surface area contributed by atoms with Gasteiger partial charge in [0, 0.05) is 34.4 Å². The number of alkyl halides is 3. The largest absolute Gasteiger partial charge is 0.417 e. The van der Waals surface area contributed by atoms with E-state index < -0.39 is 50.4 Å². The van der Waals surface area contributed by atoms with Crippen LogP contribution in [0.5, 0.6) is 0 Å². The highest BCUT2D eigenvalue weighted by molar-refractivity contribution is 6.35. The van der Waals surface area contributed by atoms with Crippen LogP contribution in [0.1, 0.15) is 47.1 Å². The van der Waals surface area contributed by atoms with Crippen molar-refractivity contribution >= 4 is 51.2 Å². The van der Waals surface area contributed by atoms with E-state index in [0.29, 0.717) is 11.5 Å². The number of allylic oxidation sites excluding steroid dienone is 2. The molecule has 1 N–H and O–H groups in total. The van der Waals surface area contributed by atoms with Crippen molar-refractivity contribution in [1.82, 2.24) is 10.3 Å². The van der Waals surface area contributed by atoms with Gasteiger partial charge in [0.05, 0.1) is 15.6 Å². The maximum atomic E-state index is 13.8. The molecule has 0 aliphatic heterocycles. The van der Waals surface area contributed by atoms with Gasteiger partial charge in [-0.2, -0.15) is 13.2 Å². The molecule has 0 radical (unpaired) electrons. The number of amides is 1. The third kappa shape index (κ3) is 5.56. The van der Waals surface area contributed by atoms with Gasteiger partial charge in [0.2, 0.25) is 0 Å². The Morgan fingerprint density at radius 3 is 2.12 bits per heavy atom. The van der Waals surface area contributed by atoms with Gasteiger partial charge in [-0.05, 0) is 68.1 Å². The molecule has 0 unspecified atom stereocenters. The lowest BCUT2D eigenvalue weighted by molar-refractivity contribution is -0.0689. The molecule has 1 aromatic heterocycles. The first-order valence-corrected chi connectivity index (χ1v) is 10.6. The van der Waals surface area contributed by atoms with Gasteiger partial charge in [0.1, 0.15) is 0 Å². The Labute approximate surface area is 202 Å². The maximum absolute atomic E-state index is 13.8. The molecule has 0 spiro atoms. The molecule has 0 aliphatic rings. The second-order valence-electron chi connectivity index (χ2n) is 8.46. The fraction of sp³-hybridized carbons (Fsp3) is 0.208. The smallest absolute Gasteiger partial charge is 0.347 e. The van der Waals surface area contributed by atoms with Crippen LogP contribution in [-0.2, 0) is 0 Å². The van der Waals surface area contributed by atoms with Crippen molar-refractivity contribution in [1.29, 1.82) is 0 Å².